The van der Waals surface area contributed by atoms with E-state index in [-0.39, 0.29) is 57.8 Å². The molecule has 0 bridgehead atoms. The van der Waals surface area contributed by atoms with E-state index in [1.165, 1.54) is 18.2 Å². The highest BCUT2D eigenvalue weighted by atomic mass is 16.3. The molecule has 2 aromatic carbocycles. The summed E-state index contributed by atoms with van der Waals surface area (Å²) in [6, 6.07) is 11.5. The number of benzene rings is 2. The van der Waals surface area contributed by atoms with Gasteiger partial charge in [0.2, 0.25) is 0 Å². The predicted octanol–water partition coefficient (Wildman–Crippen LogP) is 5.88. The first-order valence-corrected chi connectivity index (χ1v) is 12.4. The quantitative estimate of drug-likeness (QED) is 0.495. The summed E-state index contributed by atoms with van der Waals surface area (Å²) in [5.41, 5.74) is 1.85. The third-order valence-electron chi connectivity index (χ3n) is 8.74. The van der Waals surface area contributed by atoms with Crippen molar-refractivity contribution in [2.75, 3.05) is 0 Å². The summed E-state index contributed by atoms with van der Waals surface area (Å²) in [7, 11) is 0. The molecule has 182 valence electrons. The highest BCUT2D eigenvalue weighted by Gasteiger charge is 2.58. The summed E-state index contributed by atoms with van der Waals surface area (Å²) in [5, 5.41) is 23.3. The molecular weight excluding hydrogens is 426 g/mol. The van der Waals surface area contributed by atoms with Gasteiger partial charge in [-0.25, -0.2) is 0 Å². The first kappa shape index (κ1) is 24.3. The van der Waals surface area contributed by atoms with Gasteiger partial charge < -0.3 is 15.5 Å². The van der Waals surface area contributed by atoms with Crippen molar-refractivity contribution in [1.82, 2.24) is 5.32 Å². The minimum absolute atomic E-state index is 0.0411. The molecule has 2 saturated carbocycles. The Morgan fingerprint density at radius 2 is 1.56 bits per heavy atom. The van der Waals surface area contributed by atoms with Crippen LogP contribution in [0.2, 0.25) is 0 Å². The van der Waals surface area contributed by atoms with Crippen molar-refractivity contribution >= 4 is 11.7 Å². The summed E-state index contributed by atoms with van der Waals surface area (Å²) in [6.07, 6.45) is 3.93. The normalized spacial score (nSPS) is 30.3. The van der Waals surface area contributed by atoms with E-state index < -0.39 is 0 Å². The zero-order valence-electron chi connectivity index (χ0n) is 20.9. The lowest BCUT2D eigenvalue weighted by Gasteiger charge is -2.60. The Labute approximate surface area is 202 Å². The molecule has 3 N–H and O–H groups in total. The van der Waals surface area contributed by atoms with Gasteiger partial charge in [-0.15, -0.1) is 0 Å². The Morgan fingerprint density at radius 1 is 0.941 bits per heavy atom. The van der Waals surface area contributed by atoms with Crippen molar-refractivity contribution in [3.8, 4) is 11.5 Å². The molecule has 34 heavy (non-hydrogen) atoms. The maximum Gasteiger partial charge on any atom is 0.251 e. The zero-order valence-corrected chi connectivity index (χ0v) is 20.9. The van der Waals surface area contributed by atoms with Gasteiger partial charge in [-0.05, 0) is 73.1 Å². The summed E-state index contributed by atoms with van der Waals surface area (Å²) < 4.78 is 0. The van der Waals surface area contributed by atoms with E-state index >= 15 is 0 Å². The SMILES string of the molecule is Cc1ccc(C(=O)N[C@@H]2C[C@H]3C(C)(C)CCC[C@]3(C)[C@@H](C(=O)c3cc(O)cc(O)c3)[C@H]2C)cc1. The molecule has 2 aliphatic carbocycles. The fourth-order valence-corrected chi connectivity index (χ4v) is 7.03. The molecule has 0 radical (unpaired) electrons. The van der Waals surface area contributed by atoms with E-state index in [2.05, 4.69) is 33.0 Å². The number of phenolic OH excluding ortho intramolecular Hbond substituents is 2. The second-order valence-corrected chi connectivity index (χ2v) is 11.5. The molecule has 0 unspecified atom stereocenters. The van der Waals surface area contributed by atoms with E-state index in [9.17, 15) is 19.8 Å². The number of amides is 1. The largest absolute Gasteiger partial charge is 0.508 e. The van der Waals surface area contributed by atoms with Crippen LogP contribution < -0.4 is 5.32 Å². The Kier molecular flexibility index (Phi) is 6.26. The maximum atomic E-state index is 14.0. The van der Waals surface area contributed by atoms with Crippen molar-refractivity contribution in [3.05, 3.63) is 59.2 Å². The predicted molar refractivity (Wildman–Crippen MR) is 133 cm³/mol. The Bertz CT molecular complexity index is 1070. The number of rotatable bonds is 4. The average molecular weight is 464 g/mol. The number of hydrogen-bond donors (Lipinski definition) is 3. The van der Waals surface area contributed by atoms with E-state index in [0.717, 1.165) is 31.2 Å². The second-order valence-electron chi connectivity index (χ2n) is 11.5. The van der Waals surface area contributed by atoms with E-state index in [1.807, 2.05) is 31.2 Å². The van der Waals surface area contributed by atoms with Crippen LogP contribution in [0.5, 0.6) is 11.5 Å². The molecular formula is C29H37NO4. The number of phenols is 2. The molecule has 0 aliphatic heterocycles. The fraction of sp³-hybridized carbons (Fsp3) is 0.517. The van der Waals surface area contributed by atoms with Gasteiger partial charge in [-0.1, -0.05) is 51.8 Å². The molecule has 0 spiro atoms. The number of aryl methyl sites for hydroxylation is 1. The third-order valence-corrected chi connectivity index (χ3v) is 8.74. The van der Waals surface area contributed by atoms with Crippen LogP contribution in [0.25, 0.3) is 0 Å². The van der Waals surface area contributed by atoms with Crippen LogP contribution in [0.15, 0.2) is 42.5 Å². The van der Waals surface area contributed by atoms with Gasteiger partial charge in [-0.2, -0.15) is 0 Å². The van der Waals surface area contributed by atoms with Crippen molar-refractivity contribution in [3.63, 3.8) is 0 Å². The number of nitrogens with one attached hydrogen (secondary N) is 1. The summed E-state index contributed by atoms with van der Waals surface area (Å²) in [4.78, 5) is 27.1. The van der Waals surface area contributed by atoms with Gasteiger partial charge in [-0.3, -0.25) is 9.59 Å². The van der Waals surface area contributed by atoms with Crippen LogP contribution in [0, 0.1) is 35.5 Å². The standard InChI is InChI=1S/C29H37NO4/c1-17-7-9-19(10-8-17)27(34)30-23-16-24-28(3,4)11-6-12-29(24,5)25(18(23)2)26(33)20-13-21(31)15-22(32)14-20/h7-10,13-15,18,23-25,31-32H,6,11-12,16H2,1-5H3,(H,30,34)/t18-,23+,24-,25+,29-/m0/s1. The third kappa shape index (κ3) is 4.33. The Balaban J connectivity index is 1.72. The lowest BCUT2D eigenvalue weighted by molar-refractivity contribution is -0.0902. The molecule has 0 saturated heterocycles. The number of hydrogen-bond acceptors (Lipinski definition) is 4. The van der Waals surface area contributed by atoms with E-state index in [1.54, 1.807) is 0 Å². The number of carbonyl (C=O) groups is 2. The average Bonchev–Trinajstić information content (AvgIpc) is 2.74. The summed E-state index contributed by atoms with van der Waals surface area (Å²) in [5.74, 6) is -0.609. The number of Topliss-reactive ketones (excluding diaryl/α,β-unsaturated/α-hetero) is 1. The first-order chi connectivity index (χ1) is 15.9. The lowest BCUT2D eigenvalue weighted by Crippen LogP contribution is -2.60. The number of ketones is 1. The number of fused-ring (bicyclic) bond motifs is 1. The van der Waals surface area contributed by atoms with Gasteiger partial charge in [0, 0.05) is 29.2 Å². The van der Waals surface area contributed by atoms with Crippen LogP contribution in [-0.4, -0.2) is 27.9 Å². The smallest absolute Gasteiger partial charge is 0.251 e. The molecule has 0 heterocycles. The highest BCUT2D eigenvalue weighted by Crippen LogP contribution is 2.61. The number of aromatic hydroxyl groups is 2. The maximum absolute atomic E-state index is 14.0. The van der Waals surface area contributed by atoms with Gasteiger partial charge >= 0.3 is 0 Å². The van der Waals surface area contributed by atoms with Crippen LogP contribution in [0.3, 0.4) is 0 Å². The Hall–Kier alpha value is -2.82. The van der Waals surface area contributed by atoms with Gasteiger partial charge in [0.05, 0.1) is 0 Å². The van der Waals surface area contributed by atoms with Crippen LogP contribution in [0.1, 0.15) is 79.7 Å². The number of carbonyl (C=O) groups excluding carboxylic acids is 2. The van der Waals surface area contributed by atoms with Crippen molar-refractivity contribution in [2.24, 2.45) is 28.6 Å². The molecule has 0 aromatic heterocycles. The topological polar surface area (TPSA) is 86.6 Å². The van der Waals surface area contributed by atoms with Gasteiger partial charge in [0.25, 0.3) is 5.91 Å². The van der Waals surface area contributed by atoms with Crippen LogP contribution in [-0.2, 0) is 0 Å². The first-order valence-electron chi connectivity index (χ1n) is 12.4. The Morgan fingerprint density at radius 3 is 2.18 bits per heavy atom. The van der Waals surface area contributed by atoms with E-state index in [0.29, 0.717) is 11.1 Å². The molecule has 2 aliphatic rings. The molecule has 5 nitrogen and oxygen atoms in total. The summed E-state index contributed by atoms with van der Waals surface area (Å²) in [6.45, 7) is 10.9. The monoisotopic (exact) mass is 463 g/mol. The van der Waals surface area contributed by atoms with Gasteiger partial charge in [0.15, 0.2) is 5.78 Å². The molecule has 4 rings (SSSR count). The molecule has 5 heteroatoms. The highest BCUT2D eigenvalue weighted by molar-refractivity contribution is 5.99. The van der Waals surface area contributed by atoms with Crippen molar-refractivity contribution in [2.45, 2.75) is 66.3 Å². The molecule has 5 atom stereocenters. The minimum atomic E-state index is -0.338. The molecule has 1 amide bonds. The molecule has 2 fully saturated rings. The summed E-state index contributed by atoms with van der Waals surface area (Å²) >= 11 is 0. The van der Waals surface area contributed by atoms with Crippen LogP contribution in [0.4, 0.5) is 0 Å². The molecule has 2 aromatic rings. The minimum Gasteiger partial charge on any atom is -0.508 e. The zero-order chi connectivity index (χ0) is 24.8. The lowest BCUT2D eigenvalue weighted by atomic mass is 9.45. The van der Waals surface area contributed by atoms with E-state index in [4.69, 9.17) is 0 Å². The van der Waals surface area contributed by atoms with Crippen LogP contribution >= 0.6 is 0 Å². The fourth-order valence-electron chi connectivity index (χ4n) is 7.03. The second kappa shape index (κ2) is 8.75. The van der Waals surface area contributed by atoms with Crippen molar-refractivity contribution < 1.29 is 19.8 Å². The van der Waals surface area contributed by atoms with Crippen molar-refractivity contribution in [1.29, 1.82) is 0 Å². The van der Waals surface area contributed by atoms with Gasteiger partial charge in [0.1, 0.15) is 11.5 Å².